The van der Waals surface area contributed by atoms with E-state index in [4.69, 9.17) is 0 Å². The molecule has 0 heterocycles. The number of hydrogen-bond acceptors (Lipinski definition) is 1. The number of Topliss-reactive ketones (excluding diaryl/α,β-unsaturated/α-hetero) is 1. The highest BCUT2D eigenvalue weighted by atomic mass is 16.1. The van der Waals surface area contributed by atoms with Crippen LogP contribution in [-0.2, 0) is 11.2 Å². The molecule has 2 rings (SSSR count). The molecule has 0 N–H and O–H groups in total. The van der Waals surface area contributed by atoms with Crippen LogP contribution in [0, 0.1) is 0 Å². The molecular formula is C17H16O. The van der Waals surface area contributed by atoms with Gasteiger partial charge in [-0.2, -0.15) is 0 Å². The molecule has 2 aromatic rings. The first kappa shape index (κ1) is 12.3. The van der Waals surface area contributed by atoms with Gasteiger partial charge in [0.15, 0.2) is 0 Å². The SMILES string of the molecule is C=CCC(=O)Cc1ccc(-c2ccccc2)cc1. The van der Waals surface area contributed by atoms with Gasteiger partial charge in [-0.1, -0.05) is 60.7 Å². The summed E-state index contributed by atoms with van der Waals surface area (Å²) < 4.78 is 0. The highest BCUT2D eigenvalue weighted by molar-refractivity contribution is 5.82. The number of benzene rings is 2. The van der Waals surface area contributed by atoms with Crippen LogP contribution in [0.1, 0.15) is 12.0 Å². The molecule has 90 valence electrons. The average molecular weight is 236 g/mol. The summed E-state index contributed by atoms with van der Waals surface area (Å²) in [6.45, 7) is 3.58. The van der Waals surface area contributed by atoms with Gasteiger partial charge in [0.05, 0.1) is 0 Å². The fourth-order valence-corrected chi connectivity index (χ4v) is 1.91. The first-order chi connectivity index (χ1) is 8.79. The summed E-state index contributed by atoms with van der Waals surface area (Å²) in [5, 5.41) is 0. The minimum Gasteiger partial charge on any atom is -0.299 e. The Morgan fingerprint density at radius 1 is 0.944 bits per heavy atom. The Morgan fingerprint density at radius 3 is 2.17 bits per heavy atom. The maximum absolute atomic E-state index is 11.5. The summed E-state index contributed by atoms with van der Waals surface area (Å²) in [4.78, 5) is 11.5. The van der Waals surface area contributed by atoms with E-state index in [0.717, 1.165) is 5.56 Å². The van der Waals surface area contributed by atoms with Crippen LogP contribution in [0.25, 0.3) is 11.1 Å². The lowest BCUT2D eigenvalue weighted by atomic mass is 10.0. The number of carbonyl (C=O) groups is 1. The van der Waals surface area contributed by atoms with Gasteiger partial charge in [-0.15, -0.1) is 6.58 Å². The van der Waals surface area contributed by atoms with Crippen molar-refractivity contribution < 1.29 is 4.79 Å². The lowest BCUT2D eigenvalue weighted by Crippen LogP contribution is -2.00. The van der Waals surface area contributed by atoms with Gasteiger partial charge in [0.25, 0.3) is 0 Å². The zero-order valence-electron chi connectivity index (χ0n) is 10.3. The second kappa shape index (κ2) is 5.97. The van der Waals surface area contributed by atoms with Crippen LogP contribution < -0.4 is 0 Å². The number of allylic oxidation sites excluding steroid dienone is 1. The molecule has 2 aromatic carbocycles. The second-order valence-electron chi connectivity index (χ2n) is 4.27. The number of hydrogen-bond donors (Lipinski definition) is 0. The summed E-state index contributed by atoms with van der Waals surface area (Å²) in [7, 11) is 0. The molecule has 0 aromatic heterocycles. The Hall–Kier alpha value is -2.15. The third-order valence-corrected chi connectivity index (χ3v) is 2.83. The first-order valence-electron chi connectivity index (χ1n) is 6.06. The highest BCUT2D eigenvalue weighted by Crippen LogP contribution is 2.19. The molecule has 0 aliphatic carbocycles. The van der Waals surface area contributed by atoms with E-state index in [1.54, 1.807) is 6.08 Å². The molecule has 0 aliphatic rings. The Morgan fingerprint density at radius 2 is 1.56 bits per heavy atom. The molecule has 0 fully saturated rings. The number of ketones is 1. The smallest absolute Gasteiger partial charge is 0.140 e. The third kappa shape index (κ3) is 3.17. The van der Waals surface area contributed by atoms with Gasteiger partial charge in [0.1, 0.15) is 5.78 Å². The predicted molar refractivity (Wildman–Crippen MR) is 75.4 cm³/mol. The number of carbonyl (C=O) groups excluding carboxylic acids is 1. The third-order valence-electron chi connectivity index (χ3n) is 2.83. The van der Waals surface area contributed by atoms with Crippen LogP contribution in [0.4, 0.5) is 0 Å². The van der Waals surface area contributed by atoms with Gasteiger partial charge in [-0.25, -0.2) is 0 Å². The first-order valence-corrected chi connectivity index (χ1v) is 6.06. The van der Waals surface area contributed by atoms with Crippen molar-refractivity contribution in [1.29, 1.82) is 0 Å². The van der Waals surface area contributed by atoms with Crippen molar-refractivity contribution in [2.45, 2.75) is 12.8 Å². The lowest BCUT2D eigenvalue weighted by molar-refractivity contribution is -0.117. The van der Waals surface area contributed by atoms with Crippen LogP contribution in [-0.4, -0.2) is 5.78 Å². The van der Waals surface area contributed by atoms with Crippen molar-refractivity contribution in [3.8, 4) is 11.1 Å². The zero-order valence-corrected chi connectivity index (χ0v) is 10.3. The second-order valence-corrected chi connectivity index (χ2v) is 4.27. The standard InChI is InChI=1S/C17H16O/c1-2-6-17(18)13-14-9-11-16(12-10-14)15-7-4-3-5-8-15/h2-5,7-12H,1,6,13H2. The van der Waals surface area contributed by atoms with Gasteiger partial charge in [0.2, 0.25) is 0 Å². The molecule has 0 saturated carbocycles. The Bertz CT molecular complexity index is 523. The quantitative estimate of drug-likeness (QED) is 0.716. The van der Waals surface area contributed by atoms with Gasteiger partial charge >= 0.3 is 0 Å². The van der Waals surface area contributed by atoms with E-state index in [1.165, 1.54) is 11.1 Å². The largest absolute Gasteiger partial charge is 0.299 e. The van der Waals surface area contributed by atoms with E-state index in [0.29, 0.717) is 12.8 Å². The van der Waals surface area contributed by atoms with Gasteiger partial charge in [-0.3, -0.25) is 4.79 Å². The number of rotatable bonds is 5. The Balaban J connectivity index is 2.11. The average Bonchev–Trinajstić information content (AvgIpc) is 2.41. The van der Waals surface area contributed by atoms with E-state index in [9.17, 15) is 4.79 Å². The van der Waals surface area contributed by atoms with Crippen molar-refractivity contribution in [3.63, 3.8) is 0 Å². The van der Waals surface area contributed by atoms with Gasteiger partial charge in [-0.05, 0) is 16.7 Å². The normalized spacial score (nSPS) is 10.0. The van der Waals surface area contributed by atoms with E-state index >= 15 is 0 Å². The predicted octanol–water partition coefficient (Wildman–Crippen LogP) is 4.04. The van der Waals surface area contributed by atoms with Crippen molar-refractivity contribution in [2.24, 2.45) is 0 Å². The molecule has 0 aliphatic heterocycles. The zero-order chi connectivity index (χ0) is 12.8. The Labute approximate surface area is 108 Å². The van der Waals surface area contributed by atoms with Crippen LogP contribution >= 0.6 is 0 Å². The highest BCUT2D eigenvalue weighted by Gasteiger charge is 2.02. The minimum atomic E-state index is 0.206. The van der Waals surface area contributed by atoms with E-state index < -0.39 is 0 Å². The summed E-state index contributed by atoms with van der Waals surface area (Å²) >= 11 is 0. The van der Waals surface area contributed by atoms with Crippen molar-refractivity contribution >= 4 is 5.78 Å². The van der Waals surface area contributed by atoms with Crippen molar-refractivity contribution in [2.75, 3.05) is 0 Å². The lowest BCUT2D eigenvalue weighted by Gasteiger charge is -2.03. The molecule has 1 nitrogen and oxygen atoms in total. The van der Waals surface area contributed by atoms with Crippen LogP contribution in [0.3, 0.4) is 0 Å². The summed E-state index contributed by atoms with van der Waals surface area (Å²) in [5.41, 5.74) is 3.43. The molecule has 0 spiro atoms. The molecule has 0 amide bonds. The van der Waals surface area contributed by atoms with Gasteiger partial charge < -0.3 is 0 Å². The maximum atomic E-state index is 11.5. The molecule has 0 radical (unpaired) electrons. The van der Waals surface area contributed by atoms with Crippen molar-refractivity contribution in [1.82, 2.24) is 0 Å². The monoisotopic (exact) mass is 236 g/mol. The molecule has 0 bridgehead atoms. The Kier molecular flexibility index (Phi) is 4.08. The molecular weight excluding hydrogens is 220 g/mol. The van der Waals surface area contributed by atoms with Crippen LogP contribution in [0.2, 0.25) is 0 Å². The molecule has 1 heteroatoms. The molecule has 0 atom stereocenters. The maximum Gasteiger partial charge on any atom is 0.140 e. The van der Waals surface area contributed by atoms with E-state index in [2.05, 4.69) is 30.8 Å². The summed E-state index contributed by atoms with van der Waals surface area (Å²) in [6, 6.07) is 18.4. The summed E-state index contributed by atoms with van der Waals surface area (Å²) in [6.07, 6.45) is 2.59. The molecule has 0 unspecified atom stereocenters. The topological polar surface area (TPSA) is 17.1 Å². The summed E-state index contributed by atoms with van der Waals surface area (Å²) in [5.74, 6) is 0.206. The fourth-order valence-electron chi connectivity index (χ4n) is 1.91. The van der Waals surface area contributed by atoms with E-state index in [-0.39, 0.29) is 5.78 Å². The van der Waals surface area contributed by atoms with Crippen molar-refractivity contribution in [3.05, 3.63) is 72.8 Å². The fraction of sp³-hybridized carbons (Fsp3) is 0.118. The van der Waals surface area contributed by atoms with Crippen LogP contribution in [0.15, 0.2) is 67.3 Å². The van der Waals surface area contributed by atoms with Crippen LogP contribution in [0.5, 0.6) is 0 Å². The molecule has 18 heavy (non-hydrogen) atoms. The molecule has 0 saturated heterocycles. The van der Waals surface area contributed by atoms with E-state index in [1.807, 2.05) is 30.3 Å². The minimum absolute atomic E-state index is 0.206. The van der Waals surface area contributed by atoms with Gasteiger partial charge in [0, 0.05) is 12.8 Å².